The van der Waals surface area contributed by atoms with Crippen molar-refractivity contribution in [2.75, 3.05) is 46.5 Å². The SMILES string of the molecule is COCCN1CC[C@H](CNC(=O)CCOCc2ccccc2)C1. The Morgan fingerprint density at radius 1 is 1.30 bits per heavy atom. The Morgan fingerprint density at radius 2 is 2.13 bits per heavy atom. The van der Waals surface area contributed by atoms with Gasteiger partial charge in [-0.2, -0.15) is 0 Å². The Morgan fingerprint density at radius 3 is 2.91 bits per heavy atom. The second kappa shape index (κ2) is 10.4. The van der Waals surface area contributed by atoms with Gasteiger partial charge in [0, 0.05) is 33.2 Å². The highest BCUT2D eigenvalue weighted by Crippen LogP contribution is 2.14. The molecule has 0 unspecified atom stereocenters. The first-order valence-corrected chi connectivity index (χ1v) is 8.37. The summed E-state index contributed by atoms with van der Waals surface area (Å²) in [5.74, 6) is 0.634. The molecule has 1 aromatic carbocycles. The van der Waals surface area contributed by atoms with E-state index in [1.54, 1.807) is 7.11 Å². The normalized spacial score (nSPS) is 18.2. The molecule has 1 N–H and O–H groups in total. The number of methoxy groups -OCH3 is 1. The molecule has 0 radical (unpaired) electrons. The number of likely N-dealkylation sites (tertiary alicyclic amines) is 1. The molecular weight excluding hydrogens is 292 g/mol. The molecule has 2 rings (SSSR count). The standard InChI is InChI=1S/C18H28N2O3/c1-22-12-10-20-9-7-17(14-20)13-19-18(21)8-11-23-15-16-5-3-2-4-6-16/h2-6,17H,7-15H2,1H3,(H,19,21)/t17-/m1/s1. The number of ether oxygens (including phenoxy) is 2. The van der Waals surface area contributed by atoms with Crippen LogP contribution in [0.2, 0.25) is 0 Å². The number of hydrogen-bond donors (Lipinski definition) is 1. The lowest BCUT2D eigenvalue weighted by atomic mass is 10.1. The Kier molecular flexibility index (Phi) is 8.07. The van der Waals surface area contributed by atoms with Crippen LogP contribution in [0.5, 0.6) is 0 Å². The summed E-state index contributed by atoms with van der Waals surface area (Å²) in [7, 11) is 1.73. The molecule has 0 aliphatic carbocycles. The fraction of sp³-hybridized carbons (Fsp3) is 0.611. The third-order valence-corrected chi connectivity index (χ3v) is 4.15. The van der Waals surface area contributed by atoms with Crippen LogP contribution in [0.4, 0.5) is 0 Å². The fourth-order valence-corrected chi connectivity index (χ4v) is 2.78. The minimum absolute atomic E-state index is 0.0772. The van der Waals surface area contributed by atoms with Gasteiger partial charge in [-0.3, -0.25) is 4.79 Å². The number of nitrogens with one attached hydrogen (secondary N) is 1. The van der Waals surface area contributed by atoms with Crippen molar-refractivity contribution >= 4 is 5.91 Å². The predicted octanol–water partition coefficient (Wildman–Crippen LogP) is 1.68. The summed E-state index contributed by atoms with van der Waals surface area (Å²) in [5.41, 5.74) is 1.13. The predicted molar refractivity (Wildman–Crippen MR) is 90.1 cm³/mol. The van der Waals surface area contributed by atoms with Gasteiger partial charge in [-0.05, 0) is 24.4 Å². The van der Waals surface area contributed by atoms with Crippen molar-refractivity contribution in [1.29, 1.82) is 0 Å². The van der Waals surface area contributed by atoms with Crippen molar-refractivity contribution in [3.63, 3.8) is 0 Å². The topological polar surface area (TPSA) is 50.8 Å². The maximum atomic E-state index is 11.8. The van der Waals surface area contributed by atoms with Crippen molar-refractivity contribution in [2.24, 2.45) is 5.92 Å². The highest BCUT2D eigenvalue weighted by Gasteiger charge is 2.22. The Hall–Kier alpha value is -1.43. The van der Waals surface area contributed by atoms with E-state index in [2.05, 4.69) is 10.2 Å². The van der Waals surface area contributed by atoms with Crippen molar-refractivity contribution in [2.45, 2.75) is 19.4 Å². The molecule has 1 fully saturated rings. The lowest BCUT2D eigenvalue weighted by Gasteiger charge is -2.15. The summed E-state index contributed by atoms with van der Waals surface area (Å²) in [5, 5.41) is 3.02. The van der Waals surface area contributed by atoms with E-state index in [4.69, 9.17) is 9.47 Å². The number of carbonyl (C=O) groups is 1. The van der Waals surface area contributed by atoms with Crippen LogP contribution in [0.1, 0.15) is 18.4 Å². The molecule has 5 heteroatoms. The van der Waals surface area contributed by atoms with Gasteiger partial charge in [-0.15, -0.1) is 0 Å². The van der Waals surface area contributed by atoms with Gasteiger partial charge in [0.2, 0.25) is 5.91 Å². The zero-order chi connectivity index (χ0) is 16.3. The molecule has 1 amide bonds. The summed E-state index contributed by atoms with van der Waals surface area (Å²) >= 11 is 0. The molecule has 5 nitrogen and oxygen atoms in total. The molecule has 0 spiro atoms. The van der Waals surface area contributed by atoms with Crippen LogP contribution in [0.15, 0.2) is 30.3 Å². The van der Waals surface area contributed by atoms with Gasteiger partial charge in [0.25, 0.3) is 0 Å². The van der Waals surface area contributed by atoms with Gasteiger partial charge < -0.3 is 19.7 Å². The zero-order valence-corrected chi connectivity index (χ0v) is 14.0. The quantitative estimate of drug-likeness (QED) is 0.667. The monoisotopic (exact) mass is 320 g/mol. The number of benzene rings is 1. The van der Waals surface area contributed by atoms with Crippen LogP contribution < -0.4 is 5.32 Å². The average molecular weight is 320 g/mol. The number of nitrogens with zero attached hydrogens (tertiary/aromatic N) is 1. The lowest BCUT2D eigenvalue weighted by molar-refractivity contribution is -0.122. The first-order chi connectivity index (χ1) is 11.3. The van der Waals surface area contributed by atoms with Gasteiger partial charge in [0.1, 0.15) is 0 Å². The maximum Gasteiger partial charge on any atom is 0.222 e. The van der Waals surface area contributed by atoms with Gasteiger partial charge in [-0.1, -0.05) is 30.3 Å². The molecule has 1 aliphatic heterocycles. The van der Waals surface area contributed by atoms with Crippen molar-refractivity contribution in [1.82, 2.24) is 10.2 Å². The molecule has 0 saturated carbocycles. The summed E-state index contributed by atoms with van der Waals surface area (Å²) in [6, 6.07) is 10.0. The summed E-state index contributed by atoms with van der Waals surface area (Å²) in [6.07, 6.45) is 1.57. The van der Waals surface area contributed by atoms with E-state index in [1.165, 1.54) is 0 Å². The highest BCUT2D eigenvalue weighted by atomic mass is 16.5. The van der Waals surface area contributed by atoms with Gasteiger partial charge in [-0.25, -0.2) is 0 Å². The molecule has 1 heterocycles. The third-order valence-electron chi connectivity index (χ3n) is 4.15. The molecule has 1 atom stereocenters. The summed E-state index contributed by atoms with van der Waals surface area (Å²) < 4.78 is 10.6. The molecule has 128 valence electrons. The first kappa shape index (κ1) is 17.9. The average Bonchev–Trinajstić information content (AvgIpc) is 3.04. The Labute approximate surface area is 139 Å². The lowest BCUT2D eigenvalue weighted by Crippen LogP contribution is -2.32. The minimum Gasteiger partial charge on any atom is -0.383 e. The molecule has 0 aromatic heterocycles. The summed E-state index contributed by atoms with van der Waals surface area (Å²) in [6.45, 7) is 5.70. The second-order valence-electron chi connectivity index (χ2n) is 6.04. The van der Waals surface area contributed by atoms with E-state index in [-0.39, 0.29) is 5.91 Å². The van der Waals surface area contributed by atoms with E-state index in [0.717, 1.165) is 44.8 Å². The number of rotatable bonds is 10. The van der Waals surface area contributed by atoms with E-state index in [1.807, 2.05) is 30.3 Å². The maximum absolute atomic E-state index is 11.8. The van der Waals surface area contributed by atoms with E-state index < -0.39 is 0 Å². The minimum atomic E-state index is 0.0772. The number of amides is 1. The third kappa shape index (κ3) is 7.12. The number of carbonyl (C=O) groups excluding carboxylic acids is 1. The van der Waals surface area contributed by atoms with Gasteiger partial charge in [0.15, 0.2) is 0 Å². The van der Waals surface area contributed by atoms with Crippen LogP contribution in [0.25, 0.3) is 0 Å². The molecule has 1 aromatic rings. The molecule has 1 aliphatic rings. The first-order valence-electron chi connectivity index (χ1n) is 8.37. The Bertz CT molecular complexity index is 453. The van der Waals surface area contributed by atoms with Crippen LogP contribution in [0, 0.1) is 5.92 Å². The fourth-order valence-electron chi connectivity index (χ4n) is 2.78. The van der Waals surface area contributed by atoms with Crippen molar-refractivity contribution in [3.05, 3.63) is 35.9 Å². The Balaban J connectivity index is 1.50. The van der Waals surface area contributed by atoms with E-state index in [0.29, 0.717) is 25.6 Å². The van der Waals surface area contributed by atoms with Crippen molar-refractivity contribution in [3.8, 4) is 0 Å². The van der Waals surface area contributed by atoms with Gasteiger partial charge in [0.05, 0.1) is 19.8 Å². The largest absolute Gasteiger partial charge is 0.383 e. The molecule has 0 bridgehead atoms. The summed E-state index contributed by atoms with van der Waals surface area (Å²) in [4.78, 5) is 14.2. The highest BCUT2D eigenvalue weighted by molar-refractivity contribution is 5.75. The van der Waals surface area contributed by atoms with E-state index >= 15 is 0 Å². The zero-order valence-electron chi connectivity index (χ0n) is 14.0. The number of hydrogen-bond acceptors (Lipinski definition) is 4. The van der Waals surface area contributed by atoms with Crippen molar-refractivity contribution < 1.29 is 14.3 Å². The second-order valence-corrected chi connectivity index (χ2v) is 6.04. The van der Waals surface area contributed by atoms with Crippen LogP contribution in [0.3, 0.4) is 0 Å². The van der Waals surface area contributed by atoms with Crippen LogP contribution >= 0.6 is 0 Å². The van der Waals surface area contributed by atoms with Gasteiger partial charge >= 0.3 is 0 Å². The van der Waals surface area contributed by atoms with Crippen LogP contribution in [-0.2, 0) is 20.9 Å². The smallest absolute Gasteiger partial charge is 0.222 e. The molecular formula is C18H28N2O3. The molecule has 23 heavy (non-hydrogen) atoms. The van der Waals surface area contributed by atoms with Crippen LogP contribution in [-0.4, -0.2) is 57.3 Å². The van der Waals surface area contributed by atoms with E-state index in [9.17, 15) is 4.79 Å². The molecule has 1 saturated heterocycles.